The average molecular weight is 398 g/mol. The van der Waals surface area contributed by atoms with Gasteiger partial charge in [-0.15, -0.1) is 11.3 Å². The maximum Gasteiger partial charge on any atom is 0.292 e. The summed E-state index contributed by atoms with van der Waals surface area (Å²) >= 11 is 5.08. The van der Waals surface area contributed by atoms with Crippen LogP contribution in [0.25, 0.3) is 0 Å². The quantitative estimate of drug-likeness (QED) is 0.567. The number of rotatable bonds is 7. The van der Waals surface area contributed by atoms with Crippen molar-refractivity contribution in [2.24, 2.45) is 0 Å². The Hall–Kier alpha value is -1.77. The van der Waals surface area contributed by atoms with Crippen LogP contribution in [0, 0.1) is 10.1 Å². The fraction of sp³-hybridized carbons (Fsp3) is 0.267. The Morgan fingerprint density at radius 2 is 2.09 bits per heavy atom. The van der Waals surface area contributed by atoms with Crippen molar-refractivity contribution >= 4 is 44.5 Å². The number of carbonyl (C=O) groups excluding carboxylic acids is 1. The Kier molecular flexibility index (Phi) is 6.26. The van der Waals surface area contributed by atoms with Gasteiger partial charge in [0.05, 0.1) is 8.71 Å². The number of anilines is 1. The molecule has 6 nitrogen and oxygen atoms in total. The summed E-state index contributed by atoms with van der Waals surface area (Å²) in [5.41, 5.74) is 0.130. The number of thiophene rings is 1. The van der Waals surface area contributed by atoms with Crippen LogP contribution in [0.15, 0.2) is 40.2 Å². The van der Waals surface area contributed by atoms with Gasteiger partial charge in [0.2, 0.25) is 5.91 Å². The lowest BCUT2D eigenvalue weighted by atomic mass is 10.2. The molecule has 1 aromatic carbocycles. The predicted molar refractivity (Wildman–Crippen MR) is 94.7 cm³/mol. The fourth-order valence-corrected chi connectivity index (χ4v) is 3.59. The molecule has 122 valence electrons. The van der Waals surface area contributed by atoms with Crippen molar-refractivity contribution in [1.29, 1.82) is 0 Å². The van der Waals surface area contributed by atoms with Crippen LogP contribution < -0.4 is 5.32 Å². The van der Waals surface area contributed by atoms with Crippen molar-refractivity contribution in [1.82, 2.24) is 4.90 Å². The molecule has 1 amide bonds. The summed E-state index contributed by atoms with van der Waals surface area (Å²) in [5, 5.41) is 13.5. The number of amides is 1. The lowest BCUT2D eigenvalue weighted by Gasteiger charge is -2.15. The topological polar surface area (TPSA) is 75.5 Å². The van der Waals surface area contributed by atoms with Crippen molar-refractivity contribution in [3.8, 4) is 0 Å². The SMILES string of the molecule is CN(CCC(=O)Nc1ccccc1[N+](=O)[O-])Cc1ccc(Br)s1. The number of halogens is 1. The zero-order chi connectivity index (χ0) is 16.8. The molecule has 0 unspecified atom stereocenters. The van der Waals surface area contributed by atoms with Crippen LogP contribution >= 0.6 is 27.3 Å². The summed E-state index contributed by atoms with van der Waals surface area (Å²) in [6.45, 7) is 1.33. The van der Waals surface area contributed by atoms with Gasteiger partial charge in [-0.05, 0) is 41.2 Å². The Bertz CT molecular complexity index is 705. The normalized spacial score (nSPS) is 10.7. The molecule has 0 aliphatic rings. The smallest absolute Gasteiger partial charge is 0.292 e. The van der Waals surface area contributed by atoms with Crippen molar-refractivity contribution in [3.63, 3.8) is 0 Å². The number of benzene rings is 1. The van der Waals surface area contributed by atoms with E-state index < -0.39 is 4.92 Å². The van der Waals surface area contributed by atoms with Crippen LogP contribution in [0.1, 0.15) is 11.3 Å². The van der Waals surface area contributed by atoms with Gasteiger partial charge in [0.1, 0.15) is 5.69 Å². The first-order chi connectivity index (χ1) is 11.0. The first-order valence-electron chi connectivity index (χ1n) is 6.91. The molecule has 0 aliphatic heterocycles. The van der Waals surface area contributed by atoms with E-state index in [0.29, 0.717) is 6.54 Å². The van der Waals surface area contributed by atoms with Crippen LogP contribution in [0.4, 0.5) is 11.4 Å². The van der Waals surface area contributed by atoms with Gasteiger partial charge in [-0.2, -0.15) is 0 Å². The third kappa shape index (κ3) is 5.42. The summed E-state index contributed by atoms with van der Waals surface area (Å²) in [5.74, 6) is -0.237. The number of nitrogens with zero attached hydrogens (tertiary/aromatic N) is 2. The Labute approximate surface area is 146 Å². The molecule has 0 aliphatic carbocycles. The van der Waals surface area contributed by atoms with E-state index in [4.69, 9.17) is 0 Å². The van der Waals surface area contributed by atoms with E-state index in [2.05, 4.69) is 21.2 Å². The molecule has 8 heteroatoms. The van der Waals surface area contributed by atoms with Gasteiger partial charge in [-0.25, -0.2) is 0 Å². The van der Waals surface area contributed by atoms with Crippen LogP contribution in [-0.2, 0) is 11.3 Å². The molecule has 0 bridgehead atoms. The van der Waals surface area contributed by atoms with E-state index >= 15 is 0 Å². The molecule has 0 fully saturated rings. The molecule has 1 N–H and O–H groups in total. The summed E-state index contributed by atoms with van der Waals surface area (Å²) in [7, 11) is 1.94. The van der Waals surface area contributed by atoms with Gasteiger partial charge < -0.3 is 10.2 Å². The molecule has 1 heterocycles. The Morgan fingerprint density at radius 3 is 2.74 bits per heavy atom. The highest BCUT2D eigenvalue weighted by atomic mass is 79.9. The molecule has 0 saturated heterocycles. The predicted octanol–water partition coefficient (Wildman–Crippen LogP) is 3.88. The Balaban J connectivity index is 1.84. The minimum atomic E-state index is -0.504. The van der Waals surface area contributed by atoms with Crippen molar-refractivity contribution in [3.05, 3.63) is 55.2 Å². The first kappa shape index (κ1) is 17.6. The van der Waals surface area contributed by atoms with Crippen molar-refractivity contribution < 1.29 is 9.72 Å². The Morgan fingerprint density at radius 1 is 1.35 bits per heavy atom. The monoisotopic (exact) mass is 397 g/mol. The maximum absolute atomic E-state index is 12.0. The second kappa shape index (κ2) is 8.19. The minimum absolute atomic E-state index is 0.0994. The summed E-state index contributed by atoms with van der Waals surface area (Å²) in [6.07, 6.45) is 0.273. The summed E-state index contributed by atoms with van der Waals surface area (Å²) in [4.78, 5) is 25.6. The fourth-order valence-electron chi connectivity index (χ4n) is 2.03. The zero-order valence-electron chi connectivity index (χ0n) is 12.5. The van der Waals surface area contributed by atoms with Gasteiger partial charge in [-0.1, -0.05) is 12.1 Å². The van der Waals surface area contributed by atoms with E-state index in [1.165, 1.54) is 17.0 Å². The van der Waals surface area contributed by atoms with Crippen LogP contribution in [-0.4, -0.2) is 29.3 Å². The number of hydrogen-bond donors (Lipinski definition) is 1. The van der Waals surface area contributed by atoms with Crippen molar-refractivity contribution in [2.45, 2.75) is 13.0 Å². The van der Waals surface area contributed by atoms with Crippen LogP contribution in [0.2, 0.25) is 0 Å². The molecular formula is C15H16BrN3O3S. The van der Waals surface area contributed by atoms with Gasteiger partial charge in [-0.3, -0.25) is 14.9 Å². The highest BCUT2D eigenvalue weighted by Crippen LogP contribution is 2.24. The summed E-state index contributed by atoms with van der Waals surface area (Å²) < 4.78 is 1.08. The number of para-hydroxylation sites is 2. The molecule has 2 aromatic rings. The number of nitrogens with one attached hydrogen (secondary N) is 1. The van der Waals surface area contributed by atoms with Gasteiger partial charge in [0.25, 0.3) is 5.69 Å². The lowest BCUT2D eigenvalue weighted by Crippen LogP contribution is -2.23. The van der Waals surface area contributed by atoms with Gasteiger partial charge in [0.15, 0.2) is 0 Å². The third-order valence-corrected chi connectivity index (χ3v) is 4.76. The highest BCUT2D eigenvalue weighted by Gasteiger charge is 2.15. The summed E-state index contributed by atoms with van der Waals surface area (Å²) in [6, 6.07) is 10.2. The zero-order valence-corrected chi connectivity index (χ0v) is 14.9. The molecule has 0 radical (unpaired) electrons. The average Bonchev–Trinajstić information content (AvgIpc) is 2.90. The number of nitro groups is 1. The maximum atomic E-state index is 12.0. The number of carbonyl (C=O) groups is 1. The molecule has 1 aromatic heterocycles. The molecule has 0 atom stereocenters. The standard InChI is InChI=1S/C15H16BrN3O3S/c1-18(10-11-6-7-14(16)23-11)9-8-15(20)17-12-4-2-3-5-13(12)19(21)22/h2-7H,8-10H2,1H3,(H,17,20). The van der Waals surface area contributed by atoms with Gasteiger partial charge in [0, 0.05) is 30.5 Å². The van der Waals surface area contributed by atoms with E-state index in [1.54, 1.807) is 23.5 Å². The van der Waals surface area contributed by atoms with E-state index in [1.807, 2.05) is 24.1 Å². The first-order valence-corrected chi connectivity index (χ1v) is 8.52. The van der Waals surface area contributed by atoms with Crippen LogP contribution in [0.5, 0.6) is 0 Å². The lowest BCUT2D eigenvalue weighted by molar-refractivity contribution is -0.383. The molecule has 0 saturated carbocycles. The molecule has 23 heavy (non-hydrogen) atoms. The second-order valence-corrected chi connectivity index (χ2v) is 7.56. The van der Waals surface area contributed by atoms with Gasteiger partial charge >= 0.3 is 0 Å². The minimum Gasteiger partial charge on any atom is -0.320 e. The second-order valence-electron chi connectivity index (χ2n) is 5.02. The van der Waals surface area contributed by atoms with E-state index in [9.17, 15) is 14.9 Å². The number of hydrogen-bond acceptors (Lipinski definition) is 5. The largest absolute Gasteiger partial charge is 0.320 e. The van der Waals surface area contributed by atoms with E-state index in [0.717, 1.165) is 10.3 Å². The molecule has 2 rings (SSSR count). The van der Waals surface area contributed by atoms with E-state index in [-0.39, 0.29) is 23.7 Å². The molecule has 0 spiro atoms. The third-order valence-electron chi connectivity index (χ3n) is 3.15. The molecular weight excluding hydrogens is 382 g/mol. The van der Waals surface area contributed by atoms with Crippen molar-refractivity contribution in [2.75, 3.05) is 18.9 Å². The number of nitro benzene ring substituents is 1. The highest BCUT2D eigenvalue weighted by molar-refractivity contribution is 9.11. The van der Waals surface area contributed by atoms with Crippen LogP contribution in [0.3, 0.4) is 0 Å².